The number of carbonyl (C=O) groups is 1. The van der Waals surface area contributed by atoms with Gasteiger partial charge in [-0.2, -0.15) is 0 Å². The van der Waals surface area contributed by atoms with Crippen molar-refractivity contribution in [3.05, 3.63) is 28.8 Å². The molecule has 1 fully saturated rings. The third-order valence-electron chi connectivity index (χ3n) is 3.53. The molecule has 20 heavy (non-hydrogen) atoms. The van der Waals surface area contributed by atoms with Crippen molar-refractivity contribution in [1.29, 1.82) is 0 Å². The van der Waals surface area contributed by atoms with E-state index >= 15 is 0 Å². The number of likely N-dealkylation sites (tertiary alicyclic amines) is 1. The van der Waals surface area contributed by atoms with Crippen molar-refractivity contribution in [2.24, 2.45) is 0 Å². The van der Waals surface area contributed by atoms with E-state index in [0.717, 1.165) is 18.4 Å². The molecule has 0 radical (unpaired) electrons. The van der Waals surface area contributed by atoms with Crippen molar-refractivity contribution in [2.75, 3.05) is 20.3 Å². The molecule has 2 N–H and O–H groups in total. The summed E-state index contributed by atoms with van der Waals surface area (Å²) in [5, 5.41) is 12.7. The highest BCUT2D eigenvalue weighted by molar-refractivity contribution is 6.30. The van der Waals surface area contributed by atoms with Crippen LogP contribution >= 0.6 is 11.6 Å². The number of nitrogens with one attached hydrogen (secondary N) is 1. The van der Waals surface area contributed by atoms with Gasteiger partial charge in [0, 0.05) is 23.7 Å². The molecule has 2 rings (SSSR count). The van der Waals surface area contributed by atoms with E-state index in [2.05, 4.69) is 5.32 Å². The average molecular weight is 299 g/mol. The molecule has 0 bridgehead atoms. The van der Waals surface area contributed by atoms with E-state index in [1.165, 1.54) is 0 Å². The molecule has 0 saturated carbocycles. The maximum Gasteiger partial charge on any atom is 0.317 e. The van der Waals surface area contributed by atoms with Crippen molar-refractivity contribution < 1.29 is 14.6 Å². The van der Waals surface area contributed by atoms with Crippen molar-refractivity contribution in [3.63, 3.8) is 0 Å². The number of benzene rings is 1. The zero-order valence-corrected chi connectivity index (χ0v) is 12.2. The summed E-state index contributed by atoms with van der Waals surface area (Å²) in [6.45, 7) is 1.07. The molecule has 0 unspecified atom stereocenters. The van der Waals surface area contributed by atoms with E-state index in [1.54, 1.807) is 24.1 Å². The van der Waals surface area contributed by atoms with Crippen molar-refractivity contribution in [2.45, 2.75) is 25.4 Å². The van der Waals surface area contributed by atoms with Gasteiger partial charge in [-0.3, -0.25) is 0 Å². The van der Waals surface area contributed by atoms with Crippen LogP contribution in [-0.4, -0.2) is 42.3 Å². The quantitative estimate of drug-likeness (QED) is 0.894. The van der Waals surface area contributed by atoms with Gasteiger partial charge in [0.05, 0.1) is 19.8 Å². The Morgan fingerprint density at radius 1 is 1.60 bits per heavy atom. The van der Waals surface area contributed by atoms with Crippen LogP contribution in [0.5, 0.6) is 5.75 Å². The van der Waals surface area contributed by atoms with Gasteiger partial charge in [-0.25, -0.2) is 4.79 Å². The summed E-state index contributed by atoms with van der Waals surface area (Å²) < 4.78 is 5.24. The number of methoxy groups -OCH3 is 1. The minimum atomic E-state index is -0.154. The molecule has 1 aliphatic rings. The average Bonchev–Trinajstić information content (AvgIpc) is 2.94. The highest BCUT2D eigenvalue weighted by Crippen LogP contribution is 2.23. The van der Waals surface area contributed by atoms with Gasteiger partial charge in [0.1, 0.15) is 5.75 Å². The lowest BCUT2D eigenvalue weighted by molar-refractivity contribution is 0.157. The normalized spacial score (nSPS) is 18.1. The minimum absolute atomic E-state index is 0.0116. The SMILES string of the molecule is COc1cc(Cl)ccc1CNC(=O)N1CCC[C@H]1CO. The molecule has 1 aromatic rings. The van der Waals surface area contributed by atoms with Crippen molar-refractivity contribution in [3.8, 4) is 5.75 Å². The fraction of sp³-hybridized carbons (Fsp3) is 0.500. The van der Waals surface area contributed by atoms with E-state index in [0.29, 0.717) is 23.9 Å². The predicted octanol–water partition coefficient (Wildman–Crippen LogP) is 2.01. The first-order chi connectivity index (χ1) is 9.65. The largest absolute Gasteiger partial charge is 0.496 e. The number of amides is 2. The number of ether oxygens (including phenoxy) is 1. The molecule has 1 aliphatic heterocycles. The summed E-state index contributed by atoms with van der Waals surface area (Å²) in [4.78, 5) is 13.8. The van der Waals surface area contributed by atoms with Gasteiger partial charge in [-0.05, 0) is 25.0 Å². The number of aliphatic hydroxyl groups is 1. The van der Waals surface area contributed by atoms with E-state index < -0.39 is 0 Å². The summed E-state index contributed by atoms with van der Waals surface area (Å²) in [5.41, 5.74) is 0.866. The van der Waals surface area contributed by atoms with Gasteiger partial charge in [-0.15, -0.1) is 0 Å². The molecular weight excluding hydrogens is 280 g/mol. The topological polar surface area (TPSA) is 61.8 Å². The second kappa shape index (κ2) is 6.81. The van der Waals surface area contributed by atoms with Crippen molar-refractivity contribution in [1.82, 2.24) is 10.2 Å². The number of aliphatic hydroxyl groups excluding tert-OH is 1. The van der Waals surface area contributed by atoms with Crippen LogP contribution in [-0.2, 0) is 6.54 Å². The summed E-state index contributed by atoms with van der Waals surface area (Å²) in [7, 11) is 1.57. The summed E-state index contributed by atoms with van der Waals surface area (Å²) >= 11 is 5.90. The number of nitrogens with zero attached hydrogens (tertiary/aromatic N) is 1. The van der Waals surface area contributed by atoms with Crippen LogP contribution in [0.25, 0.3) is 0 Å². The summed E-state index contributed by atoms with van der Waals surface area (Å²) in [5.74, 6) is 0.651. The maximum atomic E-state index is 12.1. The zero-order chi connectivity index (χ0) is 14.5. The van der Waals surface area contributed by atoms with Crippen LogP contribution in [0.3, 0.4) is 0 Å². The first kappa shape index (κ1) is 14.9. The Kier molecular flexibility index (Phi) is 5.09. The van der Waals surface area contributed by atoms with Crippen LogP contribution in [0.4, 0.5) is 4.79 Å². The molecule has 2 amide bonds. The van der Waals surface area contributed by atoms with Crippen LogP contribution in [0.15, 0.2) is 18.2 Å². The molecule has 1 aromatic carbocycles. The summed E-state index contributed by atoms with van der Waals surface area (Å²) in [6, 6.07) is 5.09. The smallest absolute Gasteiger partial charge is 0.317 e. The third-order valence-corrected chi connectivity index (χ3v) is 3.76. The Morgan fingerprint density at radius 2 is 2.40 bits per heavy atom. The number of hydrogen-bond acceptors (Lipinski definition) is 3. The van der Waals surface area contributed by atoms with Gasteiger partial charge in [-0.1, -0.05) is 17.7 Å². The lowest BCUT2D eigenvalue weighted by Crippen LogP contribution is -2.43. The first-order valence-corrected chi connectivity index (χ1v) is 7.01. The monoisotopic (exact) mass is 298 g/mol. The molecule has 0 spiro atoms. The lowest BCUT2D eigenvalue weighted by atomic mass is 10.2. The number of rotatable bonds is 4. The van der Waals surface area contributed by atoms with Gasteiger partial charge < -0.3 is 20.1 Å². The molecular formula is C14H19ClN2O3. The maximum absolute atomic E-state index is 12.1. The molecule has 110 valence electrons. The Balaban J connectivity index is 1.96. The van der Waals surface area contributed by atoms with Crippen molar-refractivity contribution >= 4 is 17.6 Å². The molecule has 5 nitrogen and oxygen atoms in total. The molecule has 1 atom stereocenters. The summed E-state index contributed by atoms with van der Waals surface area (Å²) in [6.07, 6.45) is 1.79. The van der Waals surface area contributed by atoms with Gasteiger partial charge >= 0.3 is 6.03 Å². The second-order valence-corrected chi connectivity index (χ2v) is 5.22. The van der Waals surface area contributed by atoms with Crippen LogP contribution in [0.1, 0.15) is 18.4 Å². The molecule has 0 aromatic heterocycles. The standard InChI is InChI=1S/C14H19ClN2O3/c1-20-13-7-11(15)5-4-10(13)8-16-14(19)17-6-2-3-12(17)9-18/h4-5,7,12,18H,2-3,6,8-9H2,1H3,(H,16,19)/t12-/m0/s1. The van der Waals surface area contributed by atoms with Gasteiger partial charge in [0.15, 0.2) is 0 Å². The number of hydrogen-bond donors (Lipinski definition) is 2. The Morgan fingerprint density at radius 3 is 3.10 bits per heavy atom. The number of urea groups is 1. The van der Waals surface area contributed by atoms with Crippen LogP contribution in [0, 0.1) is 0 Å². The van der Waals surface area contributed by atoms with E-state index in [9.17, 15) is 9.90 Å². The van der Waals surface area contributed by atoms with Gasteiger partial charge in [0.25, 0.3) is 0 Å². The highest BCUT2D eigenvalue weighted by atomic mass is 35.5. The van der Waals surface area contributed by atoms with Gasteiger partial charge in [0.2, 0.25) is 0 Å². The molecule has 1 heterocycles. The van der Waals surface area contributed by atoms with E-state index in [4.69, 9.17) is 16.3 Å². The third kappa shape index (κ3) is 3.35. The fourth-order valence-electron chi connectivity index (χ4n) is 2.43. The molecule has 1 saturated heterocycles. The van der Waals surface area contributed by atoms with Crippen LogP contribution in [0.2, 0.25) is 5.02 Å². The number of carbonyl (C=O) groups excluding carboxylic acids is 1. The molecule has 0 aliphatic carbocycles. The predicted molar refractivity (Wildman–Crippen MR) is 77.1 cm³/mol. The van der Waals surface area contributed by atoms with Crippen LogP contribution < -0.4 is 10.1 Å². The highest BCUT2D eigenvalue weighted by Gasteiger charge is 2.27. The Hall–Kier alpha value is -1.46. The van der Waals surface area contributed by atoms with E-state index in [1.807, 2.05) is 6.07 Å². The zero-order valence-electron chi connectivity index (χ0n) is 11.4. The number of halogens is 1. The van der Waals surface area contributed by atoms with E-state index in [-0.39, 0.29) is 18.7 Å². The first-order valence-electron chi connectivity index (χ1n) is 6.63. The molecule has 6 heteroatoms. The lowest BCUT2D eigenvalue weighted by Gasteiger charge is -2.23. The Labute approximate surface area is 123 Å². The second-order valence-electron chi connectivity index (χ2n) is 4.79. The Bertz CT molecular complexity index is 481. The minimum Gasteiger partial charge on any atom is -0.496 e. The fourth-order valence-corrected chi connectivity index (χ4v) is 2.59.